The summed E-state index contributed by atoms with van der Waals surface area (Å²) in [6, 6.07) is 12.7. The summed E-state index contributed by atoms with van der Waals surface area (Å²) in [6.07, 6.45) is 0. The van der Waals surface area contributed by atoms with Crippen LogP contribution in [-0.2, 0) is 6.54 Å². The molecule has 0 bridgehead atoms. The molecule has 0 amide bonds. The van der Waals surface area contributed by atoms with Crippen LogP contribution in [0.25, 0.3) is 11.0 Å². The lowest BCUT2D eigenvalue weighted by Gasteiger charge is -2.06. The van der Waals surface area contributed by atoms with E-state index in [0.29, 0.717) is 17.3 Å². The standard InChI is InChI=1S/C14H9Cl2FN2/c15-10-6-13-12(7-11(10)17)18-14(16)19(13)8-9-4-2-1-3-5-9/h1-7H,8H2. The number of fused-ring (bicyclic) bond motifs is 1. The molecule has 0 radical (unpaired) electrons. The maximum Gasteiger partial charge on any atom is 0.204 e. The van der Waals surface area contributed by atoms with Crippen LogP contribution in [0.5, 0.6) is 0 Å². The van der Waals surface area contributed by atoms with Crippen LogP contribution >= 0.6 is 23.2 Å². The van der Waals surface area contributed by atoms with Gasteiger partial charge in [-0.15, -0.1) is 0 Å². The summed E-state index contributed by atoms with van der Waals surface area (Å²) < 4.78 is 15.2. The zero-order chi connectivity index (χ0) is 13.4. The van der Waals surface area contributed by atoms with Crippen molar-refractivity contribution in [2.24, 2.45) is 0 Å². The summed E-state index contributed by atoms with van der Waals surface area (Å²) in [7, 11) is 0. The molecule has 3 aromatic rings. The lowest BCUT2D eigenvalue weighted by molar-refractivity contribution is 0.629. The van der Waals surface area contributed by atoms with E-state index >= 15 is 0 Å². The first-order chi connectivity index (χ1) is 9.15. The Morgan fingerprint density at radius 1 is 1.11 bits per heavy atom. The van der Waals surface area contributed by atoms with Crippen molar-refractivity contribution in [3.8, 4) is 0 Å². The summed E-state index contributed by atoms with van der Waals surface area (Å²) in [5.74, 6) is -0.491. The maximum absolute atomic E-state index is 13.4. The monoisotopic (exact) mass is 294 g/mol. The van der Waals surface area contributed by atoms with Crippen LogP contribution in [0.1, 0.15) is 5.56 Å². The Kier molecular flexibility index (Phi) is 3.17. The quantitative estimate of drug-likeness (QED) is 0.679. The summed E-state index contributed by atoms with van der Waals surface area (Å²) >= 11 is 11.9. The second kappa shape index (κ2) is 4.83. The third-order valence-electron chi connectivity index (χ3n) is 2.93. The first-order valence-electron chi connectivity index (χ1n) is 5.70. The van der Waals surface area contributed by atoms with Gasteiger partial charge in [-0.05, 0) is 23.2 Å². The molecule has 19 heavy (non-hydrogen) atoms. The number of aromatic nitrogens is 2. The first kappa shape index (κ1) is 12.5. The summed E-state index contributed by atoms with van der Waals surface area (Å²) in [5.41, 5.74) is 2.31. The molecule has 0 spiro atoms. The van der Waals surface area contributed by atoms with Crippen molar-refractivity contribution >= 4 is 34.2 Å². The highest BCUT2D eigenvalue weighted by atomic mass is 35.5. The minimum atomic E-state index is -0.491. The average Bonchev–Trinajstić information content (AvgIpc) is 2.68. The number of halogens is 3. The SMILES string of the molecule is Fc1cc2nc(Cl)n(Cc3ccccc3)c2cc1Cl. The molecule has 0 unspecified atom stereocenters. The van der Waals surface area contributed by atoms with Gasteiger partial charge in [0.15, 0.2) is 0 Å². The number of rotatable bonds is 2. The molecule has 96 valence electrons. The van der Waals surface area contributed by atoms with E-state index in [1.54, 1.807) is 10.6 Å². The van der Waals surface area contributed by atoms with E-state index in [4.69, 9.17) is 23.2 Å². The first-order valence-corrected chi connectivity index (χ1v) is 6.45. The number of imidazole rings is 1. The Labute approximate surface area is 119 Å². The molecule has 1 aromatic heterocycles. The van der Waals surface area contributed by atoms with Gasteiger partial charge in [-0.3, -0.25) is 0 Å². The predicted octanol–water partition coefficient (Wildman–Crippen LogP) is 4.53. The van der Waals surface area contributed by atoms with Gasteiger partial charge in [0.05, 0.1) is 22.6 Å². The van der Waals surface area contributed by atoms with Crippen molar-refractivity contribution in [2.45, 2.75) is 6.54 Å². The van der Waals surface area contributed by atoms with E-state index in [9.17, 15) is 4.39 Å². The molecular formula is C14H9Cl2FN2. The Hall–Kier alpha value is -1.58. The van der Waals surface area contributed by atoms with Crippen LogP contribution in [-0.4, -0.2) is 9.55 Å². The largest absolute Gasteiger partial charge is 0.310 e. The van der Waals surface area contributed by atoms with E-state index in [1.165, 1.54) is 6.07 Å². The Morgan fingerprint density at radius 3 is 2.58 bits per heavy atom. The molecule has 0 saturated heterocycles. The summed E-state index contributed by atoms with van der Waals surface area (Å²) in [4.78, 5) is 4.14. The van der Waals surface area contributed by atoms with Gasteiger partial charge in [0.1, 0.15) is 5.82 Å². The van der Waals surface area contributed by atoms with Gasteiger partial charge in [-0.2, -0.15) is 0 Å². The topological polar surface area (TPSA) is 17.8 Å². The van der Waals surface area contributed by atoms with Crippen molar-refractivity contribution in [3.63, 3.8) is 0 Å². The van der Waals surface area contributed by atoms with Crippen LogP contribution in [0, 0.1) is 5.82 Å². The van der Waals surface area contributed by atoms with Gasteiger partial charge in [0, 0.05) is 6.07 Å². The second-order valence-corrected chi connectivity index (χ2v) is 4.95. The lowest BCUT2D eigenvalue weighted by Crippen LogP contribution is -1.99. The highest BCUT2D eigenvalue weighted by Gasteiger charge is 2.12. The van der Waals surface area contributed by atoms with Crippen molar-refractivity contribution in [1.29, 1.82) is 0 Å². The Bertz CT molecular complexity index is 738. The van der Waals surface area contributed by atoms with Crippen LogP contribution in [0.15, 0.2) is 42.5 Å². The zero-order valence-corrected chi connectivity index (χ0v) is 11.3. The third kappa shape index (κ3) is 2.31. The van der Waals surface area contributed by atoms with E-state index in [0.717, 1.165) is 11.1 Å². The molecule has 2 nitrogen and oxygen atoms in total. The average molecular weight is 295 g/mol. The van der Waals surface area contributed by atoms with Crippen molar-refractivity contribution in [2.75, 3.05) is 0 Å². The molecule has 3 rings (SSSR count). The second-order valence-electron chi connectivity index (χ2n) is 4.21. The number of benzene rings is 2. The fourth-order valence-electron chi connectivity index (χ4n) is 2.01. The molecule has 0 atom stereocenters. The van der Waals surface area contributed by atoms with Gasteiger partial charge in [-0.25, -0.2) is 9.37 Å². The minimum Gasteiger partial charge on any atom is -0.310 e. The van der Waals surface area contributed by atoms with Crippen LogP contribution < -0.4 is 0 Å². The van der Waals surface area contributed by atoms with E-state index in [1.807, 2.05) is 30.3 Å². The maximum atomic E-state index is 13.4. The van der Waals surface area contributed by atoms with Gasteiger partial charge in [0.2, 0.25) is 5.28 Å². The van der Waals surface area contributed by atoms with Crippen LogP contribution in [0.2, 0.25) is 10.3 Å². The smallest absolute Gasteiger partial charge is 0.204 e. The number of hydrogen-bond donors (Lipinski definition) is 0. The van der Waals surface area contributed by atoms with Crippen LogP contribution in [0.4, 0.5) is 4.39 Å². The molecular weight excluding hydrogens is 286 g/mol. The predicted molar refractivity (Wildman–Crippen MR) is 75.3 cm³/mol. The highest BCUT2D eigenvalue weighted by Crippen LogP contribution is 2.26. The van der Waals surface area contributed by atoms with E-state index < -0.39 is 5.82 Å². The fourth-order valence-corrected chi connectivity index (χ4v) is 2.41. The van der Waals surface area contributed by atoms with Gasteiger partial charge in [-0.1, -0.05) is 41.9 Å². The normalized spacial score (nSPS) is 11.1. The molecule has 0 saturated carbocycles. The van der Waals surface area contributed by atoms with Gasteiger partial charge >= 0.3 is 0 Å². The van der Waals surface area contributed by atoms with Crippen molar-refractivity contribution < 1.29 is 4.39 Å². The van der Waals surface area contributed by atoms with Crippen molar-refractivity contribution in [3.05, 3.63) is 64.2 Å². The molecule has 0 N–H and O–H groups in total. The molecule has 0 fully saturated rings. The molecule has 1 heterocycles. The number of nitrogens with zero attached hydrogens (tertiary/aromatic N) is 2. The molecule has 0 aliphatic heterocycles. The molecule has 0 aliphatic carbocycles. The summed E-state index contributed by atoms with van der Waals surface area (Å²) in [5, 5.41) is 0.388. The Balaban J connectivity index is 2.13. The van der Waals surface area contributed by atoms with E-state index in [2.05, 4.69) is 4.98 Å². The van der Waals surface area contributed by atoms with Gasteiger partial charge < -0.3 is 4.57 Å². The molecule has 2 aromatic carbocycles. The van der Waals surface area contributed by atoms with E-state index in [-0.39, 0.29) is 5.02 Å². The number of hydrogen-bond acceptors (Lipinski definition) is 1. The zero-order valence-electron chi connectivity index (χ0n) is 9.78. The summed E-state index contributed by atoms with van der Waals surface area (Å²) in [6.45, 7) is 0.568. The molecule has 5 heteroatoms. The van der Waals surface area contributed by atoms with Crippen molar-refractivity contribution in [1.82, 2.24) is 9.55 Å². The Morgan fingerprint density at radius 2 is 1.84 bits per heavy atom. The lowest BCUT2D eigenvalue weighted by atomic mass is 10.2. The minimum absolute atomic E-state index is 0.0679. The fraction of sp³-hybridized carbons (Fsp3) is 0.0714. The third-order valence-corrected chi connectivity index (χ3v) is 3.51. The molecule has 0 aliphatic rings. The van der Waals surface area contributed by atoms with Crippen LogP contribution in [0.3, 0.4) is 0 Å². The highest BCUT2D eigenvalue weighted by molar-refractivity contribution is 6.32. The van der Waals surface area contributed by atoms with Gasteiger partial charge in [0.25, 0.3) is 0 Å².